The SMILES string of the molecule is CCC1OCCC1CNC(=O)/C=C/c1cccc(N)c1. The number of nitrogen functional groups attached to an aromatic ring is 1. The lowest BCUT2D eigenvalue weighted by Gasteiger charge is -2.16. The van der Waals surface area contributed by atoms with Gasteiger partial charge >= 0.3 is 0 Å². The van der Waals surface area contributed by atoms with Gasteiger partial charge in [-0.05, 0) is 36.6 Å². The van der Waals surface area contributed by atoms with Gasteiger partial charge in [0.2, 0.25) is 5.91 Å². The Hall–Kier alpha value is -1.81. The molecular weight excluding hydrogens is 252 g/mol. The van der Waals surface area contributed by atoms with Gasteiger partial charge in [-0.25, -0.2) is 0 Å². The van der Waals surface area contributed by atoms with E-state index in [1.54, 1.807) is 12.2 Å². The molecule has 1 aromatic rings. The van der Waals surface area contributed by atoms with Crippen LogP contribution in [0.3, 0.4) is 0 Å². The van der Waals surface area contributed by atoms with Gasteiger partial charge in [0, 0.05) is 30.8 Å². The predicted octanol–water partition coefficient (Wildman–Crippen LogP) is 2.21. The molecule has 0 radical (unpaired) electrons. The van der Waals surface area contributed by atoms with E-state index in [4.69, 9.17) is 10.5 Å². The molecule has 108 valence electrons. The Morgan fingerprint density at radius 3 is 3.15 bits per heavy atom. The van der Waals surface area contributed by atoms with Gasteiger partial charge in [-0.2, -0.15) is 0 Å². The van der Waals surface area contributed by atoms with Crippen LogP contribution in [0.15, 0.2) is 30.3 Å². The Bertz CT molecular complexity index is 485. The molecule has 4 nitrogen and oxygen atoms in total. The smallest absolute Gasteiger partial charge is 0.244 e. The second kappa shape index (κ2) is 7.10. The molecule has 1 amide bonds. The van der Waals surface area contributed by atoms with Gasteiger partial charge in [0.25, 0.3) is 0 Å². The highest BCUT2D eigenvalue weighted by molar-refractivity contribution is 5.91. The van der Waals surface area contributed by atoms with E-state index in [2.05, 4.69) is 12.2 Å². The zero-order valence-electron chi connectivity index (χ0n) is 11.8. The minimum atomic E-state index is -0.0748. The molecule has 1 aliphatic heterocycles. The lowest BCUT2D eigenvalue weighted by Crippen LogP contribution is -2.31. The number of nitrogens with two attached hydrogens (primary N) is 1. The average molecular weight is 274 g/mol. The van der Waals surface area contributed by atoms with E-state index >= 15 is 0 Å². The molecule has 1 fully saturated rings. The number of amides is 1. The van der Waals surface area contributed by atoms with Crippen LogP contribution in [0.2, 0.25) is 0 Å². The minimum absolute atomic E-state index is 0.0748. The first-order chi connectivity index (χ1) is 9.69. The molecule has 2 rings (SSSR count). The fourth-order valence-corrected chi connectivity index (χ4v) is 2.50. The molecular formula is C16H22N2O2. The summed E-state index contributed by atoms with van der Waals surface area (Å²) in [5.74, 6) is 0.360. The van der Waals surface area contributed by atoms with Crippen LogP contribution < -0.4 is 11.1 Å². The first-order valence-corrected chi connectivity index (χ1v) is 7.12. The number of carbonyl (C=O) groups excluding carboxylic acids is 1. The number of carbonyl (C=O) groups is 1. The van der Waals surface area contributed by atoms with Crippen molar-refractivity contribution in [3.63, 3.8) is 0 Å². The van der Waals surface area contributed by atoms with Crippen molar-refractivity contribution < 1.29 is 9.53 Å². The standard InChI is InChI=1S/C16H22N2O2/c1-2-15-13(8-9-20-15)11-18-16(19)7-6-12-4-3-5-14(17)10-12/h3-7,10,13,15H,2,8-9,11,17H2,1H3,(H,18,19)/b7-6+. The normalized spacial score (nSPS) is 22.2. The van der Waals surface area contributed by atoms with Crippen molar-refractivity contribution in [2.45, 2.75) is 25.9 Å². The number of nitrogens with one attached hydrogen (secondary N) is 1. The van der Waals surface area contributed by atoms with Crippen LogP contribution >= 0.6 is 0 Å². The van der Waals surface area contributed by atoms with Gasteiger partial charge in [0.1, 0.15) is 0 Å². The minimum Gasteiger partial charge on any atom is -0.399 e. The summed E-state index contributed by atoms with van der Waals surface area (Å²) in [6, 6.07) is 7.44. The maximum absolute atomic E-state index is 11.8. The zero-order chi connectivity index (χ0) is 14.4. The molecule has 0 bridgehead atoms. The van der Waals surface area contributed by atoms with Crippen LogP contribution in [0.25, 0.3) is 6.08 Å². The molecule has 0 aliphatic carbocycles. The third kappa shape index (κ3) is 4.10. The molecule has 1 aromatic carbocycles. The van der Waals surface area contributed by atoms with Crippen LogP contribution in [0.1, 0.15) is 25.3 Å². The molecule has 20 heavy (non-hydrogen) atoms. The lowest BCUT2D eigenvalue weighted by molar-refractivity contribution is -0.116. The Kier molecular flexibility index (Phi) is 5.18. The lowest BCUT2D eigenvalue weighted by atomic mass is 10.00. The molecule has 0 saturated carbocycles. The summed E-state index contributed by atoms with van der Waals surface area (Å²) in [5, 5.41) is 2.94. The number of hydrogen-bond donors (Lipinski definition) is 2. The Balaban J connectivity index is 1.80. The van der Waals surface area contributed by atoms with E-state index in [1.165, 1.54) is 0 Å². The predicted molar refractivity (Wildman–Crippen MR) is 81.0 cm³/mol. The Labute approximate surface area is 120 Å². The molecule has 1 aliphatic rings. The van der Waals surface area contributed by atoms with E-state index in [9.17, 15) is 4.79 Å². The van der Waals surface area contributed by atoms with Crippen LogP contribution in [0.4, 0.5) is 5.69 Å². The van der Waals surface area contributed by atoms with Gasteiger partial charge in [0.05, 0.1) is 6.10 Å². The summed E-state index contributed by atoms with van der Waals surface area (Å²) in [6.45, 7) is 3.60. The fraction of sp³-hybridized carbons (Fsp3) is 0.438. The Morgan fingerprint density at radius 2 is 2.40 bits per heavy atom. The first-order valence-electron chi connectivity index (χ1n) is 7.12. The Morgan fingerprint density at radius 1 is 1.55 bits per heavy atom. The monoisotopic (exact) mass is 274 g/mol. The molecule has 1 heterocycles. The van der Waals surface area contributed by atoms with Crippen molar-refractivity contribution in [3.8, 4) is 0 Å². The van der Waals surface area contributed by atoms with E-state index < -0.39 is 0 Å². The number of anilines is 1. The summed E-state index contributed by atoms with van der Waals surface area (Å²) in [7, 11) is 0. The van der Waals surface area contributed by atoms with Gasteiger partial charge in [-0.1, -0.05) is 19.1 Å². The molecule has 2 unspecified atom stereocenters. The number of ether oxygens (including phenoxy) is 1. The van der Waals surface area contributed by atoms with Crippen molar-refractivity contribution in [2.75, 3.05) is 18.9 Å². The topological polar surface area (TPSA) is 64.3 Å². The summed E-state index contributed by atoms with van der Waals surface area (Å²) in [6.07, 6.45) is 5.63. The molecule has 2 atom stereocenters. The van der Waals surface area contributed by atoms with E-state index in [-0.39, 0.29) is 12.0 Å². The number of rotatable bonds is 5. The second-order valence-electron chi connectivity index (χ2n) is 5.11. The van der Waals surface area contributed by atoms with Crippen molar-refractivity contribution >= 4 is 17.7 Å². The molecule has 0 aromatic heterocycles. The molecule has 3 N–H and O–H groups in total. The maximum atomic E-state index is 11.8. The second-order valence-corrected chi connectivity index (χ2v) is 5.11. The van der Waals surface area contributed by atoms with E-state index in [0.717, 1.165) is 25.0 Å². The summed E-state index contributed by atoms with van der Waals surface area (Å²) >= 11 is 0. The summed E-state index contributed by atoms with van der Waals surface area (Å²) in [4.78, 5) is 11.8. The van der Waals surface area contributed by atoms with Gasteiger partial charge in [-0.3, -0.25) is 4.79 Å². The van der Waals surface area contributed by atoms with Crippen LogP contribution in [0.5, 0.6) is 0 Å². The molecule has 1 saturated heterocycles. The highest BCUT2D eigenvalue weighted by Gasteiger charge is 2.26. The van der Waals surface area contributed by atoms with Crippen molar-refractivity contribution in [3.05, 3.63) is 35.9 Å². The van der Waals surface area contributed by atoms with Gasteiger partial charge in [-0.15, -0.1) is 0 Å². The molecule has 0 spiro atoms. The van der Waals surface area contributed by atoms with Crippen LogP contribution in [-0.2, 0) is 9.53 Å². The maximum Gasteiger partial charge on any atom is 0.244 e. The molecule has 4 heteroatoms. The fourth-order valence-electron chi connectivity index (χ4n) is 2.50. The third-order valence-corrected chi connectivity index (χ3v) is 3.63. The van der Waals surface area contributed by atoms with E-state index in [1.807, 2.05) is 24.3 Å². The number of hydrogen-bond acceptors (Lipinski definition) is 3. The van der Waals surface area contributed by atoms with Crippen LogP contribution in [0, 0.1) is 5.92 Å². The van der Waals surface area contributed by atoms with Gasteiger partial charge in [0.15, 0.2) is 0 Å². The van der Waals surface area contributed by atoms with Crippen molar-refractivity contribution in [1.29, 1.82) is 0 Å². The van der Waals surface area contributed by atoms with Crippen molar-refractivity contribution in [1.82, 2.24) is 5.32 Å². The zero-order valence-corrected chi connectivity index (χ0v) is 11.8. The summed E-state index contributed by atoms with van der Waals surface area (Å²) < 4.78 is 5.61. The van der Waals surface area contributed by atoms with Gasteiger partial charge < -0.3 is 15.8 Å². The average Bonchev–Trinajstić information content (AvgIpc) is 2.90. The largest absolute Gasteiger partial charge is 0.399 e. The first kappa shape index (κ1) is 14.6. The van der Waals surface area contributed by atoms with Crippen molar-refractivity contribution in [2.24, 2.45) is 5.92 Å². The highest BCUT2D eigenvalue weighted by Crippen LogP contribution is 2.22. The highest BCUT2D eigenvalue weighted by atomic mass is 16.5. The van der Waals surface area contributed by atoms with Crippen LogP contribution in [-0.4, -0.2) is 25.2 Å². The third-order valence-electron chi connectivity index (χ3n) is 3.63. The quantitative estimate of drug-likeness (QED) is 0.639. The van der Waals surface area contributed by atoms with E-state index in [0.29, 0.717) is 18.2 Å². The summed E-state index contributed by atoms with van der Waals surface area (Å²) in [5.41, 5.74) is 7.31. The number of benzene rings is 1.